The lowest BCUT2D eigenvalue weighted by molar-refractivity contribution is -0.129. The molecule has 0 bridgehead atoms. The fourth-order valence-corrected chi connectivity index (χ4v) is 1.36. The van der Waals surface area contributed by atoms with Crippen LogP contribution in [0.2, 0.25) is 0 Å². The summed E-state index contributed by atoms with van der Waals surface area (Å²) in [6, 6.07) is 0. The van der Waals surface area contributed by atoms with Gasteiger partial charge in [-0.3, -0.25) is 24.0 Å². The molecule has 0 saturated carbocycles. The van der Waals surface area contributed by atoms with Crippen molar-refractivity contribution in [2.45, 2.75) is 26.7 Å². The maximum absolute atomic E-state index is 11.6. The van der Waals surface area contributed by atoms with Gasteiger partial charge in [0, 0.05) is 12.3 Å². The number of primary amides is 1. The minimum atomic E-state index is -0.534. The van der Waals surface area contributed by atoms with Crippen LogP contribution >= 0.6 is 0 Å². The van der Waals surface area contributed by atoms with Gasteiger partial charge in [-0.2, -0.15) is 0 Å². The molecule has 0 fully saturated rings. The summed E-state index contributed by atoms with van der Waals surface area (Å²) < 4.78 is 0. The van der Waals surface area contributed by atoms with Gasteiger partial charge in [-0.05, 0) is 13.3 Å². The third-order valence-corrected chi connectivity index (χ3v) is 2.68. The van der Waals surface area contributed by atoms with Crippen molar-refractivity contribution in [1.82, 2.24) is 16.0 Å². The fraction of sp³-hybridized carbons (Fsp3) is 0.615. The van der Waals surface area contributed by atoms with E-state index in [1.54, 1.807) is 6.92 Å². The molecule has 0 rings (SSSR count). The van der Waals surface area contributed by atoms with E-state index >= 15 is 0 Å². The molecule has 4 amide bonds. The van der Waals surface area contributed by atoms with Crippen LogP contribution < -0.4 is 21.7 Å². The second-order valence-corrected chi connectivity index (χ2v) is 4.88. The third kappa shape index (κ3) is 10.4. The monoisotopic (exact) mass is 314 g/mol. The molecule has 0 saturated heterocycles. The topological polar surface area (TPSA) is 147 Å². The number of nitrogens with two attached hydrogens (primary N) is 1. The van der Waals surface area contributed by atoms with Crippen LogP contribution in [0.4, 0.5) is 0 Å². The molecule has 0 spiro atoms. The number of Topliss-reactive ketones (excluding diaryl/α,β-unsaturated/α-hetero) is 1. The number of amides is 4. The molecule has 22 heavy (non-hydrogen) atoms. The van der Waals surface area contributed by atoms with Crippen LogP contribution in [0.1, 0.15) is 26.7 Å². The fourth-order valence-electron chi connectivity index (χ4n) is 1.36. The van der Waals surface area contributed by atoms with E-state index in [-0.39, 0.29) is 37.7 Å². The highest BCUT2D eigenvalue weighted by atomic mass is 16.2. The molecule has 0 aliphatic rings. The summed E-state index contributed by atoms with van der Waals surface area (Å²) in [5.74, 6) is -2.54. The molecule has 1 atom stereocenters. The number of nitrogens with one attached hydrogen (secondary N) is 3. The van der Waals surface area contributed by atoms with Crippen molar-refractivity contribution < 1.29 is 24.0 Å². The molecule has 0 aromatic heterocycles. The van der Waals surface area contributed by atoms with E-state index in [1.807, 2.05) is 0 Å². The SMILES string of the molecule is CC(=O)CNC(=O)CNC(=O)CNC(=O)C(C)CCC(N)=O. The van der Waals surface area contributed by atoms with E-state index in [4.69, 9.17) is 5.73 Å². The van der Waals surface area contributed by atoms with Crippen LogP contribution in [-0.4, -0.2) is 49.0 Å². The summed E-state index contributed by atoms with van der Waals surface area (Å²) in [5, 5.41) is 7.00. The van der Waals surface area contributed by atoms with E-state index in [2.05, 4.69) is 16.0 Å². The standard InChI is InChI=1S/C13H22N4O5/c1-8(3-4-10(14)19)13(22)17-7-12(21)16-6-11(20)15-5-9(2)18/h8H,3-7H2,1-2H3,(H2,14,19)(H,15,20)(H,16,21)(H,17,22). The van der Waals surface area contributed by atoms with Crippen LogP contribution in [0, 0.1) is 5.92 Å². The predicted molar refractivity (Wildman–Crippen MR) is 77.3 cm³/mol. The number of hydrogen-bond donors (Lipinski definition) is 4. The summed E-state index contributed by atoms with van der Waals surface area (Å²) in [6.45, 7) is 2.29. The Morgan fingerprint density at radius 2 is 1.41 bits per heavy atom. The van der Waals surface area contributed by atoms with Gasteiger partial charge in [0.05, 0.1) is 19.6 Å². The Morgan fingerprint density at radius 3 is 1.91 bits per heavy atom. The molecule has 0 aliphatic carbocycles. The summed E-state index contributed by atoms with van der Waals surface area (Å²) in [4.78, 5) is 55.5. The van der Waals surface area contributed by atoms with Gasteiger partial charge >= 0.3 is 0 Å². The van der Waals surface area contributed by atoms with Gasteiger partial charge < -0.3 is 21.7 Å². The largest absolute Gasteiger partial charge is 0.370 e. The third-order valence-electron chi connectivity index (χ3n) is 2.68. The second kappa shape index (κ2) is 10.3. The first kappa shape index (κ1) is 19.6. The Balaban J connectivity index is 3.88. The van der Waals surface area contributed by atoms with Gasteiger partial charge in [0.25, 0.3) is 0 Å². The molecular formula is C13H22N4O5. The van der Waals surface area contributed by atoms with Gasteiger partial charge in [0.1, 0.15) is 5.78 Å². The van der Waals surface area contributed by atoms with Crippen molar-refractivity contribution in [3.05, 3.63) is 0 Å². The van der Waals surface area contributed by atoms with Crippen molar-refractivity contribution >= 4 is 29.4 Å². The first-order valence-electron chi connectivity index (χ1n) is 6.81. The number of carbonyl (C=O) groups is 5. The normalized spacial score (nSPS) is 11.2. The summed E-state index contributed by atoms with van der Waals surface area (Å²) in [6.07, 6.45) is 0.396. The average molecular weight is 314 g/mol. The van der Waals surface area contributed by atoms with E-state index < -0.39 is 23.6 Å². The van der Waals surface area contributed by atoms with Gasteiger partial charge in [-0.1, -0.05) is 6.92 Å². The van der Waals surface area contributed by atoms with Gasteiger partial charge in [-0.15, -0.1) is 0 Å². The molecule has 0 aromatic carbocycles. The molecule has 0 heterocycles. The van der Waals surface area contributed by atoms with Crippen LogP contribution in [0.3, 0.4) is 0 Å². The molecule has 0 radical (unpaired) electrons. The Bertz CT molecular complexity index is 450. The van der Waals surface area contributed by atoms with Crippen LogP contribution in [-0.2, 0) is 24.0 Å². The summed E-state index contributed by atoms with van der Waals surface area (Å²) in [7, 11) is 0. The molecule has 5 N–H and O–H groups in total. The zero-order valence-electron chi connectivity index (χ0n) is 12.7. The molecule has 0 aromatic rings. The lowest BCUT2D eigenvalue weighted by atomic mass is 10.0. The Labute approximate surface area is 128 Å². The number of ketones is 1. The smallest absolute Gasteiger partial charge is 0.239 e. The summed E-state index contributed by atoms with van der Waals surface area (Å²) >= 11 is 0. The lowest BCUT2D eigenvalue weighted by Crippen LogP contribution is -2.43. The Kier molecular flexibility index (Phi) is 9.15. The zero-order chi connectivity index (χ0) is 17.1. The van der Waals surface area contributed by atoms with Crippen LogP contribution in [0.15, 0.2) is 0 Å². The van der Waals surface area contributed by atoms with E-state index in [0.717, 1.165) is 0 Å². The van der Waals surface area contributed by atoms with Gasteiger partial charge in [0.2, 0.25) is 23.6 Å². The number of rotatable bonds is 10. The van der Waals surface area contributed by atoms with Gasteiger partial charge in [0.15, 0.2) is 0 Å². The number of hydrogen-bond acceptors (Lipinski definition) is 5. The Hall–Kier alpha value is -2.45. The molecule has 9 heteroatoms. The minimum Gasteiger partial charge on any atom is -0.370 e. The maximum atomic E-state index is 11.6. The molecular weight excluding hydrogens is 292 g/mol. The Morgan fingerprint density at radius 1 is 0.909 bits per heavy atom. The van der Waals surface area contributed by atoms with Crippen molar-refractivity contribution in [3.63, 3.8) is 0 Å². The summed E-state index contributed by atoms with van der Waals surface area (Å²) in [5.41, 5.74) is 4.98. The van der Waals surface area contributed by atoms with Crippen molar-refractivity contribution in [1.29, 1.82) is 0 Å². The zero-order valence-corrected chi connectivity index (χ0v) is 12.7. The molecule has 9 nitrogen and oxygen atoms in total. The molecule has 1 unspecified atom stereocenters. The molecule has 124 valence electrons. The second-order valence-electron chi connectivity index (χ2n) is 4.88. The predicted octanol–water partition coefficient (Wildman–Crippen LogP) is -2.17. The highest BCUT2D eigenvalue weighted by Crippen LogP contribution is 2.04. The molecule has 0 aliphatic heterocycles. The maximum Gasteiger partial charge on any atom is 0.239 e. The first-order valence-corrected chi connectivity index (χ1v) is 6.81. The number of carbonyl (C=O) groups excluding carboxylic acids is 5. The quantitative estimate of drug-likeness (QED) is 0.362. The van der Waals surface area contributed by atoms with Crippen molar-refractivity contribution in [2.75, 3.05) is 19.6 Å². The van der Waals surface area contributed by atoms with E-state index in [9.17, 15) is 24.0 Å². The van der Waals surface area contributed by atoms with Crippen molar-refractivity contribution in [3.8, 4) is 0 Å². The highest BCUT2D eigenvalue weighted by Gasteiger charge is 2.15. The average Bonchev–Trinajstić information content (AvgIpc) is 2.45. The van der Waals surface area contributed by atoms with E-state index in [1.165, 1.54) is 6.92 Å². The minimum absolute atomic E-state index is 0.0943. The van der Waals surface area contributed by atoms with Crippen molar-refractivity contribution in [2.24, 2.45) is 11.7 Å². The highest BCUT2D eigenvalue weighted by molar-refractivity contribution is 5.90. The first-order chi connectivity index (χ1) is 10.2. The lowest BCUT2D eigenvalue weighted by Gasteiger charge is -2.11. The van der Waals surface area contributed by atoms with Crippen LogP contribution in [0.5, 0.6) is 0 Å². The van der Waals surface area contributed by atoms with E-state index in [0.29, 0.717) is 6.42 Å². The van der Waals surface area contributed by atoms with Crippen LogP contribution in [0.25, 0.3) is 0 Å². The van der Waals surface area contributed by atoms with Gasteiger partial charge in [-0.25, -0.2) is 0 Å².